The maximum absolute atomic E-state index is 11.8. The summed E-state index contributed by atoms with van der Waals surface area (Å²) in [4.78, 5) is 13.8. The fraction of sp³-hybridized carbons (Fsp3) is 0.500. The summed E-state index contributed by atoms with van der Waals surface area (Å²) >= 11 is 3.46. The zero-order chi connectivity index (χ0) is 13.8. The van der Waals surface area contributed by atoms with Crippen molar-refractivity contribution in [1.82, 2.24) is 10.2 Å². The first-order chi connectivity index (χ1) is 9.10. The SMILES string of the molecule is CN(CC(=O)NC1CC1)C(CN)c1cccc(Br)c1. The number of nitrogens with zero attached hydrogens (tertiary/aromatic N) is 1. The number of carbonyl (C=O) groups is 1. The third-order valence-electron chi connectivity index (χ3n) is 3.32. The highest BCUT2D eigenvalue weighted by Crippen LogP contribution is 2.22. The van der Waals surface area contributed by atoms with E-state index in [4.69, 9.17) is 5.73 Å². The number of carbonyl (C=O) groups excluding carboxylic acids is 1. The van der Waals surface area contributed by atoms with Crippen LogP contribution in [0.4, 0.5) is 0 Å². The van der Waals surface area contributed by atoms with E-state index < -0.39 is 0 Å². The number of amides is 1. The summed E-state index contributed by atoms with van der Waals surface area (Å²) in [6.45, 7) is 0.870. The van der Waals surface area contributed by atoms with Gasteiger partial charge in [0.1, 0.15) is 0 Å². The number of halogens is 1. The monoisotopic (exact) mass is 325 g/mol. The maximum atomic E-state index is 11.8. The number of benzene rings is 1. The van der Waals surface area contributed by atoms with Gasteiger partial charge in [-0.3, -0.25) is 9.69 Å². The van der Waals surface area contributed by atoms with Crippen LogP contribution in [0.1, 0.15) is 24.4 Å². The lowest BCUT2D eigenvalue weighted by molar-refractivity contribution is -0.122. The van der Waals surface area contributed by atoms with E-state index in [1.165, 1.54) is 0 Å². The first kappa shape index (κ1) is 14.5. The zero-order valence-electron chi connectivity index (χ0n) is 11.1. The average Bonchev–Trinajstić information content (AvgIpc) is 3.13. The van der Waals surface area contributed by atoms with Crippen molar-refractivity contribution in [3.8, 4) is 0 Å². The summed E-state index contributed by atoms with van der Waals surface area (Å²) in [6, 6.07) is 8.52. The first-order valence-electron chi connectivity index (χ1n) is 6.55. The molecule has 0 aromatic heterocycles. The molecule has 1 unspecified atom stereocenters. The van der Waals surface area contributed by atoms with Crippen LogP contribution in [0, 0.1) is 0 Å². The number of hydrogen-bond acceptors (Lipinski definition) is 3. The Kier molecular flexibility index (Phi) is 4.96. The summed E-state index contributed by atoms with van der Waals surface area (Å²) in [5.74, 6) is 0.0819. The van der Waals surface area contributed by atoms with Crippen molar-refractivity contribution in [1.29, 1.82) is 0 Å². The summed E-state index contributed by atoms with van der Waals surface area (Å²) < 4.78 is 1.03. The van der Waals surface area contributed by atoms with Crippen LogP contribution in [0.25, 0.3) is 0 Å². The van der Waals surface area contributed by atoms with Crippen LogP contribution in [0.5, 0.6) is 0 Å². The molecule has 1 aliphatic rings. The lowest BCUT2D eigenvalue weighted by Gasteiger charge is -2.27. The fourth-order valence-electron chi connectivity index (χ4n) is 2.12. The summed E-state index contributed by atoms with van der Waals surface area (Å²) in [7, 11) is 1.94. The van der Waals surface area contributed by atoms with Crippen molar-refractivity contribution in [2.45, 2.75) is 24.9 Å². The molecule has 1 aromatic carbocycles. The number of nitrogens with two attached hydrogens (primary N) is 1. The van der Waals surface area contributed by atoms with Gasteiger partial charge in [-0.2, -0.15) is 0 Å². The van der Waals surface area contributed by atoms with Crippen molar-refractivity contribution < 1.29 is 4.79 Å². The molecule has 0 aliphatic heterocycles. The van der Waals surface area contributed by atoms with E-state index in [2.05, 4.69) is 21.2 Å². The molecule has 1 fully saturated rings. The van der Waals surface area contributed by atoms with E-state index in [1.54, 1.807) is 0 Å². The average molecular weight is 326 g/mol. The third kappa shape index (κ3) is 4.30. The van der Waals surface area contributed by atoms with Gasteiger partial charge in [0, 0.05) is 23.1 Å². The molecule has 4 nitrogen and oxygen atoms in total. The van der Waals surface area contributed by atoms with Crippen LogP contribution in [-0.4, -0.2) is 37.0 Å². The van der Waals surface area contributed by atoms with E-state index in [0.717, 1.165) is 22.9 Å². The fourth-order valence-corrected chi connectivity index (χ4v) is 2.54. The lowest BCUT2D eigenvalue weighted by atomic mass is 10.1. The Morgan fingerprint density at radius 2 is 2.32 bits per heavy atom. The third-order valence-corrected chi connectivity index (χ3v) is 3.82. The molecule has 1 aliphatic carbocycles. The Labute approximate surface area is 122 Å². The molecule has 0 spiro atoms. The Morgan fingerprint density at radius 3 is 2.89 bits per heavy atom. The highest BCUT2D eigenvalue weighted by atomic mass is 79.9. The minimum atomic E-state index is 0.0578. The quantitative estimate of drug-likeness (QED) is 0.836. The van der Waals surface area contributed by atoms with E-state index in [-0.39, 0.29) is 11.9 Å². The minimum Gasteiger partial charge on any atom is -0.352 e. The Bertz CT molecular complexity index is 448. The van der Waals surface area contributed by atoms with Gasteiger partial charge in [0.15, 0.2) is 0 Å². The van der Waals surface area contributed by atoms with Gasteiger partial charge in [-0.05, 0) is 37.6 Å². The van der Waals surface area contributed by atoms with Gasteiger partial charge in [-0.25, -0.2) is 0 Å². The lowest BCUT2D eigenvalue weighted by Crippen LogP contribution is -2.40. The number of likely N-dealkylation sites (N-methyl/N-ethyl adjacent to an activating group) is 1. The second kappa shape index (κ2) is 6.50. The van der Waals surface area contributed by atoms with E-state index in [9.17, 15) is 4.79 Å². The van der Waals surface area contributed by atoms with Gasteiger partial charge in [-0.1, -0.05) is 28.1 Å². The zero-order valence-corrected chi connectivity index (χ0v) is 12.7. The van der Waals surface area contributed by atoms with Crippen molar-refractivity contribution in [3.05, 3.63) is 34.3 Å². The predicted octanol–water partition coefficient (Wildman–Crippen LogP) is 1.66. The maximum Gasteiger partial charge on any atom is 0.234 e. The molecular weight excluding hydrogens is 306 g/mol. The van der Waals surface area contributed by atoms with Crippen molar-refractivity contribution >= 4 is 21.8 Å². The molecule has 3 N–H and O–H groups in total. The van der Waals surface area contributed by atoms with Gasteiger partial charge in [0.05, 0.1) is 6.54 Å². The topological polar surface area (TPSA) is 58.4 Å². The highest BCUT2D eigenvalue weighted by Gasteiger charge is 2.25. The number of hydrogen-bond donors (Lipinski definition) is 2. The molecular formula is C14H20BrN3O. The molecule has 104 valence electrons. The van der Waals surface area contributed by atoms with Crippen LogP contribution >= 0.6 is 15.9 Å². The molecule has 2 rings (SSSR count). The minimum absolute atomic E-state index is 0.0578. The number of nitrogens with one attached hydrogen (secondary N) is 1. The molecule has 1 amide bonds. The summed E-state index contributed by atoms with van der Waals surface area (Å²) in [5.41, 5.74) is 6.98. The van der Waals surface area contributed by atoms with Crippen LogP contribution < -0.4 is 11.1 Å². The van der Waals surface area contributed by atoms with E-state index >= 15 is 0 Å². The molecule has 1 saturated carbocycles. The molecule has 19 heavy (non-hydrogen) atoms. The van der Waals surface area contributed by atoms with Gasteiger partial charge in [-0.15, -0.1) is 0 Å². The molecule has 0 bridgehead atoms. The summed E-state index contributed by atoms with van der Waals surface area (Å²) in [6.07, 6.45) is 2.23. The van der Waals surface area contributed by atoms with Crippen LogP contribution in [0.3, 0.4) is 0 Å². The summed E-state index contributed by atoms with van der Waals surface area (Å²) in [5, 5.41) is 3.00. The van der Waals surface area contributed by atoms with Gasteiger partial charge < -0.3 is 11.1 Å². The normalized spacial score (nSPS) is 16.4. The largest absolute Gasteiger partial charge is 0.352 e. The smallest absolute Gasteiger partial charge is 0.234 e. The number of rotatable bonds is 6. The van der Waals surface area contributed by atoms with Crippen molar-refractivity contribution in [2.75, 3.05) is 20.1 Å². The Balaban J connectivity index is 1.97. The second-order valence-electron chi connectivity index (χ2n) is 5.06. The van der Waals surface area contributed by atoms with Crippen LogP contribution in [0.2, 0.25) is 0 Å². The van der Waals surface area contributed by atoms with Crippen LogP contribution in [0.15, 0.2) is 28.7 Å². The standard InChI is InChI=1S/C14H20BrN3O/c1-18(9-14(19)17-12-5-6-12)13(8-16)10-3-2-4-11(15)7-10/h2-4,7,12-13H,5-6,8-9,16H2,1H3,(H,17,19). The van der Waals surface area contributed by atoms with E-state index in [1.807, 2.05) is 36.2 Å². The second-order valence-corrected chi connectivity index (χ2v) is 5.98. The highest BCUT2D eigenvalue weighted by molar-refractivity contribution is 9.10. The Hall–Kier alpha value is -0.910. The molecule has 1 atom stereocenters. The van der Waals surface area contributed by atoms with Gasteiger partial charge in [0.2, 0.25) is 5.91 Å². The molecule has 0 heterocycles. The van der Waals surface area contributed by atoms with Crippen molar-refractivity contribution in [3.63, 3.8) is 0 Å². The molecule has 0 radical (unpaired) electrons. The Morgan fingerprint density at radius 1 is 1.58 bits per heavy atom. The first-order valence-corrected chi connectivity index (χ1v) is 7.34. The molecule has 0 saturated heterocycles. The van der Waals surface area contributed by atoms with Crippen molar-refractivity contribution in [2.24, 2.45) is 5.73 Å². The van der Waals surface area contributed by atoms with Crippen LogP contribution in [-0.2, 0) is 4.79 Å². The van der Waals surface area contributed by atoms with Gasteiger partial charge >= 0.3 is 0 Å². The van der Waals surface area contributed by atoms with E-state index in [0.29, 0.717) is 19.1 Å². The molecule has 1 aromatic rings. The van der Waals surface area contributed by atoms with Gasteiger partial charge in [0.25, 0.3) is 0 Å². The predicted molar refractivity (Wildman–Crippen MR) is 79.7 cm³/mol. The molecule has 5 heteroatoms.